The van der Waals surface area contributed by atoms with Gasteiger partial charge in [0.25, 0.3) is 0 Å². The smallest absolute Gasteiger partial charge is 0.0992 e. The zero-order chi connectivity index (χ0) is 14.7. The van der Waals surface area contributed by atoms with Gasteiger partial charge in [-0.2, -0.15) is 10.4 Å². The largest absolute Gasteiger partial charge is 0.379 e. The summed E-state index contributed by atoms with van der Waals surface area (Å²) in [6.07, 6.45) is 0. The van der Waals surface area contributed by atoms with Crippen LogP contribution < -0.4 is 5.32 Å². The maximum Gasteiger partial charge on any atom is 0.0992 e. The lowest BCUT2D eigenvalue weighted by atomic mass is 10.1. The lowest BCUT2D eigenvalue weighted by Crippen LogP contribution is -2.09. The van der Waals surface area contributed by atoms with Crippen molar-refractivity contribution in [1.82, 2.24) is 9.78 Å². The molecule has 0 atom stereocenters. The molecule has 0 fully saturated rings. The predicted molar refractivity (Wildman–Crippen MR) is 80.9 cm³/mol. The molecule has 5 heteroatoms. The summed E-state index contributed by atoms with van der Waals surface area (Å²) in [6.45, 7) is 7.31. The number of anilines is 1. The van der Waals surface area contributed by atoms with Gasteiger partial charge in [-0.15, -0.1) is 0 Å². The number of hydrogen-bond acceptors (Lipinski definition) is 3. The average Bonchev–Trinajstić information content (AvgIpc) is 2.73. The molecule has 0 saturated carbocycles. The van der Waals surface area contributed by atoms with Gasteiger partial charge in [-0.3, -0.25) is 4.68 Å². The van der Waals surface area contributed by atoms with Crippen molar-refractivity contribution in [1.29, 1.82) is 5.26 Å². The fraction of sp³-hybridized carbons (Fsp3) is 0.333. The third kappa shape index (κ3) is 2.78. The van der Waals surface area contributed by atoms with Crippen molar-refractivity contribution in [2.24, 2.45) is 0 Å². The summed E-state index contributed by atoms with van der Waals surface area (Å²) < 4.78 is 1.90. The van der Waals surface area contributed by atoms with Gasteiger partial charge in [0.05, 0.1) is 34.6 Å². The third-order valence-corrected chi connectivity index (χ3v) is 3.76. The van der Waals surface area contributed by atoms with E-state index in [2.05, 4.69) is 16.5 Å². The molecular weight excluding hydrogens is 272 g/mol. The molecule has 0 saturated heterocycles. The van der Waals surface area contributed by atoms with E-state index < -0.39 is 0 Å². The maximum absolute atomic E-state index is 8.95. The van der Waals surface area contributed by atoms with Crippen LogP contribution in [0.4, 0.5) is 5.69 Å². The molecular formula is C15H17ClN4. The Hall–Kier alpha value is -1.99. The molecule has 104 valence electrons. The lowest BCUT2D eigenvalue weighted by molar-refractivity contribution is 0.623. The van der Waals surface area contributed by atoms with Crippen LogP contribution in [0.3, 0.4) is 0 Å². The van der Waals surface area contributed by atoms with Crippen LogP contribution in [0.15, 0.2) is 18.2 Å². The molecule has 0 radical (unpaired) electrons. The zero-order valence-corrected chi connectivity index (χ0v) is 12.6. The fourth-order valence-corrected chi connectivity index (χ4v) is 2.30. The molecule has 0 aliphatic carbocycles. The first-order valence-corrected chi connectivity index (χ1v) is 6.91. The number of halogens is 1. The number of nitrogens with zero attached hydrogens (tertiary/aromatic N) is 3. The van der Waals surface area contributed by atoms with Gasteiger partial charge >= 0.3 is 0 Å². The maximum atomic E-state index is 8.95. The summed E-state index contributed by atoms with van der Waals surface area (Å²) in [7, 11) is 0. The van der Waals surface area contributed by atoms with Crippen molar-refractivity contribution in [2.75, 3.05) is 5.32 Å². The van der Waals surface area contributed by atoms with E-state index >= 15 is 0 Å². The summed E-state index contributed by atoms with van der Waals surface area (Å²) in [5.41, 5.74) is 4.49. The van der Waals surface area contributed by atoms with Crippen LogP contribution in [-0.4, -0.2) is 9.78 Å². The molecule has 0 spiro atoms. The minimum atomic E-state index is 0.587. The van der Waals surface area contributed by atoms with Crippen LogP contribution in [0.2, 0.25) is 5.02 Å². The van der Waals surface area contributed by atoms with E-state index in [4.69, 9.17) is 16.9 Å². The Balaban J connectivity index is 2.23. The molecule has 0 unspecified atom stereocenters. The van der Waals surface area contributed by atoms with Crippen LogP contribution in [0.1, 0.15) is 29.4 Å². The van der Waals surface area contributed by atoms with E-state index in [0.29, 0.717) is 17.1 Å². The minimum absolute atomic E-state index is 0.587. The van der Waals surface area contributed by atoms with Crippen molar-refractivity contribution in [2.45, 2.75) is 33.9 Å². The third-order valence-electron chi connectivity index (χ3n) is 3.27. The van der Waals surface area contributed by atoms with E-state index in [1.807, 2.05) is 43.7 Å². The van der Waals surface area contributed by atoms with Gasteiger partial charge < -0.3 is 5.32 Å². The topological polar surface area (TPSA) is 53.6 Å². The number of nitrogens with one attached hydrogen (secondary N) is 1. The van der Waals surface area contributed by atoms with Crippen LogP contribution in [0, 0.1) is 25.2 Å². The highest BCUT2D eigenvalue weighted by Crippen LogP contribution is 2.23. The average molecular weight is 289 g/mol. The van der Waals surface area contributed by atoms with Crippen molar-refractivity contribution < 1.29 is 0 Å². The minimum Gasteiger partial charge on any atom is -0.379 e. The predicted octanol–water partition coefficient (Wildman–Crippen LogP) is 3.66. The van der Waals surface area contributed by atoms with E-state index in [1.165, 1.54) is 0 Å². The summed E-state index contributed by atoms with van der Waals surface area (Å²) in [6, 6.07) is 7.75. The normalized spacial score (nSPS) is 10.3. The first-order chi connectivity index (χ1) is 9.56. The van der Waals surface area contributed by atoms with Crippen LogP contribution in [0.25, 0.3) is 0 Å². The number of benzene rings is 1. The first kappa shape index (κ1) is 14.4. The SMILES string of the molecule is CCn1nc(C)c(Cl)c1CNc1cc(C#N)ccc1C. The summed E-state index contributed by atoms with van der Waals surface area (Å²) in [5.74, 6) is 0. The Labute approximate surface area is 124 Å². The van der Waals surface area contributed by atoms with Gasteiger partial charge in [0, 0.05) is 12.2 Å². The highest BCUT2D eigenvalue weighted by atomic mass is 35.5. The Bertz CT molecular complexity index is 667. The lowest BCUT2D eigenvalue weighted by Gasteiger charge is -2.11. The molecule has 20 heavy (non-hydrogen) atoms. The molecule has 0 bridgehead atoms. The molecule has 0 aliphatic rings. The van der Waals surface area contributed by atoms with Gasteiger partial charge in [0.1, 0.15) is 0 Å². The Kier molecular flexibility index (Phi) is 4.31. The van der Waals surface area contributed by atoms with E-state index in [9.17, 15) is 0 Å². The quantitative estimate of drug-likeness (QED) is 0.934. The molecule has 2 rings (SSSR count). The highest BCUT2D eigenvalue weighted by molar-refractivity contribution is 6.31. The first-order valence-electron chi connectivity index (χ1n) is 6.53. The van der Waals surface area contributed by atoms with Crippen LogP contribution in [0.5, 0.6) is 0 Å². The second-order valence-corrected chi connectivity index (χ2v) is 5.03. The summed E-state index contributed by atoms with van der Waals surface area (Å²) in [4.78, 5) is 0. The van der Waals surface area contributed by atoms with Gasteiger partial charge in [0.15, 0.2) is 0 Å². The molecule has 0 aliphatic heterocycles. The number of hydrogen-bond donors (Lipinski definition) is 1. The van der Waals surface area contributed by atoms with Crippen LogP contribution in [-0.2, 0) is 13.1 Å². The summed E-state index contributed by atoms with van der Waals surface area (Å²) >= 11 is 6.28. The second-order valence-electron chi connectivity index (χ2n) is 4.66. The van der Waals surface area contributed by atoms with Crippen molar-refractivity contribution >= 4 is 17.3 Å². The van der Waals surface area contributed by atoms with Crippen molar-refractivity contribution in [3.05, 3.63) is 45.7 Å². The standard InChI is InChI=1S/C15H17ClN4/c1-4-20-14(15(16)11(3)19-20)9-18-13-7-12(8-17)6-5-10(13)2/h5-7,18H,4,9H2,1-3H3. The Morgan fingerprint density at radius 3 is 2.80 bits per heavy atom. The molecule has 1 aromatic heterocycles. The Morgan fingerprint density at radius 2 is 2.15 bits per heavy atom. The monoisotopic (exact) mass is 288 g/mol. The number of nitriles is 1. The molecule has 0 amide bonds. The van der Waals surface area contributed by atoms with E-state index in [-0.39, 0.29) is 0 Å². The van der Waals surface area contributed by atoms with Gasteiger partial charge in [-0.05, 0) is 38.5 Å². The number of aryl methyl sites for hydroxylation is 3. The molecule has 1 aromatic carbocycles. The fourth-order valence-electron chi connectivity index (χ4n) is 2.10. The second kappa shape index (κ2) is 5.98. The zero-order valence-electron chi connectivity index (χ0n) is 11.9. The number of aromatic nitrogens is 2. The van der Waals surface area contributed by atoms with Crippen molar-refractivity contribution in [3.63, 3.8) is 0 Å². The van der Waals surface area contributed by atoms with Crippen LogP contribution >= 0.6 is 11.6 Å². The molecule has 1 N–H and O–H groups in total. The van der Waals surface area contributed by atoms with Gasteiger partial charge in [0.2, 0.25) is 0 Å². The highest BCUT2D eigenvalue weighted by Gasteiger charge is 2.12. The molecule has 1 heterocycles. The van der Waals surface area contributed by atoms with Gasteiger partial charge in [-0.25, -0.2) is 0 Å². The molecule has 4 nitrogen and oxygen atoms in total. The van der Waals surface area contributed by atoms with Crippen molar-refractivity contribution in [3.8, 4) is 6.07 Å². The Morgan fingerprint density at radius 1 is 1.40 bits per heavy atom. The summed E-state index contributed by atoms with van der Waals surface area (Å²) in [5, 5.41) is 17.4. The van der Waals surface area contributed by atoms with E-state index in [0.717, 1.165) is 29.2 Å². The van der Waals surface area contributed by atoms with E-state index in [1.54, 1.807) is 0 Å². The van der Waals surface area contributed by atoms with Gasteiger partial charge in [-0.1, -0.05) is 17.7 Å². The molecule has 2 aromatic rings. The number of rotatable bonds is 4.